The molecule has 0 unspecified atom stereocenters. The number of nitrogens with one attached hydrogen (secondary N) is 1. The highest BCUT2D eigenvalue weighted by Gasteiger charge is 2.23. The van der Waals surface area contributed by atoms with Crippen molar-refractivity contribution in [1.82, 2.24) is 15.5 Å². The Kier molecular flexibility index (Phi) is 4.32. The van der Waals surface area contributed by atoms with Crippen LogP contribution in [-0.4, -0.2) is 33.2 Å². The zero-order chi connectivity index (χ0) is 15.4. The quantitative estimate of drug-likeness (QED) is 0.865. The van der Waals surface area contributed by atoms with Crippen molar-refractivity contribution in [2.24, 2.45) is 5.92 Å². The van der Waals surface area contributed by atoms with E-state index in [1.807, 2.05) is 0 Å². The van der Waals surface area contributed by atoms with Crippen LogP contribution in [0.5, 0.6) is 0 Å². The number of carbonyl (C=O) groups is 2. The van der Waals surface area contributed by atoms with Crippen molar-refractivity contribution < 1.29 is 19.1 Å². The van der Waals surface area contributed by atoms with E-state index < -0.39 is 17.9 Å². The molecule has 1 atom stereocenters. The summed E-state index contributed by atoms with van der Waals surface area (Å²) in [6.45, 7) is 3.47. The molecule has 21 heavy (non-hydrogen) atoms. The van der Waals surface area contributed by atoms with Crippen molar-refractivity contribution >= 4 is 11.9 Å². The number of aliphatic carboxylic acids is 1. The van der Waals surface area contributed by atoms with Crippen LogP contribution in [0.2, 0.25) is 0 Å². The predicted molar refractivity (Wildman–Crippen MR) is 73.5 cm³/mol. The van der Waals surface area contributed by atoms with Crippen molar-refractivity contribution in [2.75, 3.05) is 0 Å². The molecule has 0 spiro atoms. The third-order valence-corrected chi connectivity index (χ3v) is 2.97. The van der Waals surface area contributed by atoms with Gasteiger partial charge in [-0.25, -0.2) is 4.79 Å². The second kappa shape index (κ2) is 6.17. The SMILES string of the molecule is CC(C)[C@@H](NC(=O)c1ccc(-c2nnco2)cc1)C(=O)O. The van der Waals surface area contributed by atoms with E-state index in [9.17, 15) is 9.59 Å². The molecule has 110 valence electrons. The number of nitrogens with zero attached hydrogens (tertiary/aromatic N) is 2. The van der Waals surface area contributed by atoms with Gasteiger partial charge >= 0.3 is 5.97 Å². The molecule has 7 nitrogen and oxygen atoms in total. The van der Waals surface area contributed by atoms with Crippen LogP contribution in [0.4, 0.5) is 0 Å². The van der Waals surface area contributed by atoms with Gasteiger partial charge < -0.3 is 14.8 Å². The Bertz CT molecular complexity index is 620. The van der Waals surface area contributed by atoms with Crippen LogP contribution < -0.4 is 5.32 Å². The lowest BCUT2D eigenvalue weighted by Gasteiger charge is -2.17. The number of carbonyl (C=O) groups excluding carboxylic acids is 1. The van der Waals surface area contributed by atoms with Gasteiger partial charge in [0.2, 0.25) is 12.3 Å². The average molecular weight is 289 g/mol. The molecule has 2 rings (SSSR count). The summed E-state index contributed by atoms with van der Waals surface area (Å²) in [6.07, 6.45) is 1.22. The fourth-order valence-electron chi connectivity index (χ4n) is 1.80. The molecule has 1 aromatic carbocycles. The fraction of sp³-hybridized carbons (Fsp3) is 0.286. The zero-order valence-corrected chi connectivity index (χ0v) is 11.6. The molecule has 2 N–H and O–H groups in total. The summed E-state index contributed by atoms with van der Waals surface area (Å²) < 4.78 is 5.05. The van der Waals surface area contributed by atoms with Crippen LogP contribution in [0.1, 0.15) is 24.2 Å². The van der Waals surface area contributed by atoms with Gasteiger partial charge in [0.1, 0.15) is 6.04 Å². The highest BCUT2D eigenvalue weighted by molar-refractivity contribution is 5.96. The number of hydrogen-bond acceptors (Lipinski definition) is 5. The summed E-state index contributed by atoms with van der Waals surface area (Å²) in [5, 5.41) is 18.9. The summed E-state index contributed by atoms with van der Waals surface area (Å²) >= 11 is 0. The lowest BCUT2D eigenvalue weighted by atomic mass is 10.0. The van der Waals surface area contributed by atoms with Crippen molar-refractivity contribution in [3.63, 3.8) is 0 Å². The second-order valence-corrected chi connectivity index (χ2v) is 4.85. The van der Waals surface area contributed by atoms with Crippen LogP contribution in [0.15, 0.2) is 35.1 Å². The molecule has 2 aromatic rings. The Hall–Kier alpha value is -2.70. The van der Waals surface area contributed by atoms with Gasteiger partial charge in [-0.05, 0) is 30.2 Å². The highest BCUT2D eigenvalue weighted by atomic mass is 16.4. The first-order chi connectivity index (χ1) is 9.99. The van der Waals surface area contributed by atoms with Gasteiger partial charge in [-0.15, -0.1) is 10.2 Å². The van der Waals surface area contributed by atoms with E-state index in [0.717, 1.165) is 0 Å². The Balaban J connectivity index is 2.11. The van der Waals surface area contributed by atoms with Gasteiger partial charge in [0.25, 0.3) is 5.91 Å². The molecule has 0 aliphatic carbocycles. The summed E-state index contributed by atoms with van der Waals surface area (Å²) in [5.41, 5.74) is 1.05. The lowest BCUT2D eigenvalue weighted by Crippen LogP contribution is -2.44. The molecular formula is C14H15N3O4. The Morgan fingerprint density at radius 3 is 2.38 bits per heavy atom. The van der Waals surface area contributed by atoms with E-state index in [2.05, 4.69) is 15.5 Å². The summed E-state index contributed by atoms with van der Waals surface area (Å²) in [7, 11) is 0. The molecule has 0 bridgehead atoms. The van der Waals surface area contributed by atoms with Gasteiger partial charge in [-0.1, -0.05) is 13.8 Å². The van der Waals surface area contributed by atoms with Gasteiger partial charge in [0, 0.05) is 11.1 Å². The first-order valence-corrected chi connectivity index (χ1v) is 6.39. The number of carboxylic acids is 1. The normalized spacial score (nSPS) is 12.1. The smallest absolute Gasteiger partial charge is 0.326 e. The molecule has 0 saturated heterocycles. The molecule has 0 fully saturated rings. The topological polar surface area (TPSA) is 105 Å². The van der Waals surface area contributed by atoms with Gasteiger partial charge in [0.15, 0.2) is 0 Å². The number of carboxylic acid groups (broad SMARTS) is 1. The van der Waals surface area contributed by atoms with Crippen molar-refractivity contribution in [3.8, 4) is 11.5 Å². The zero-order valence-electron chi connectivity index (χ0n) is 11.6. The first kappa shape index (κ1) is 14.7. The highest BCUT2D eigenvalue weighted by Crippen LogP contribution is 2.16. The van der Waals surface area contributed by atoms with Crippen molar-refractivity contribution in [2.45, 2.75) is 19.9 Å². The number of hydrogen-bond donors (Lipinski definition) is 2. The first-order valence-electron chi connectivity index (χ1n) is 6.39. The van der Waals surface area contributed by atoms with E-state index in [0.29, 0.717) is 17.0 Å². The standard InChI is InChI=1S/C14H15N3O4/c1-8(2)11(14(19)20)16-12(18)9-3-5-10(6-4-9)13-17-15-7-21-13/h3-8,11H,1-2H3,(H,16,18)(H,19,20)/t11-/m1/s1. The maximum Gasteiger partial charge on any atom is 0.326 e. The Morgan fingerprint density at radius 1 is 1.24 bits per heavy atom. The van der Waals surface area contributed by atoms with E-state index >= 15 is 0 Å². The van der Waals surface area contributed by atoms with E-state index in [1.54, 1.807) is 38.1 Å². The van der Waals surface area contributed by atoms with Crippen LogP contribution in [0.3, 0.4) is 0 Å². The fourth-order valence-corrected chi connectivity index (χ4v) is 1.80. The summed E-state index contributed by atoms with van der Waals surface area (Å²) in [6, 6.07) is 5.55. The van der Waals surface area contributed by atoms with Crippen LogP contribution in [0, 0.1) is 5.92 Å². The van der Waals surface area contributed by atoms with Gasteiger partial charge in [0.05, 0.1) is 0 Å². The van der Waals surface area contributed by atoms with Gasteiger partial charge in [-0.2, -0.15) is 0 Å². The molecule has 0 radical (unpaired) electrons. The molecule has 0 aliphatic heterocycles. The third-order valence-electron chi connectivity index (χ3n) is 2.97. The number of rotatable bonds is 5. The minimum Gasteiger partial charge on any atom is -0.480 e. The number of aromatic nitrogens is 2. The van der Waals surface area contributed by atoms with Crippen molar-refractivity contribution in [3.05, 3.63) is 36.2 Å². The summed E-state index contributed by atoms with van der Waals surface area (Å²) in [5.74, 6) is -1.34. The lowest BCUT2D eigenvalue weighted by molar-refractivity contribution is -0.140. The molecule has 0 aliphatic rings. The minimum absolute atomic E-state index is 0.205. The average Bonchev–Trinajstić information content (AvgIpc) is 2.98. The molecule has 1 amide bonds. The van der Waals surface area contributed by atoms with Crippen LogP contribution in [-0.2, 0) is 4.79 Å². The molecule has 0 saturated carbocycles. The maximum atomic E-state index is 12.0. The number of benzene rings is 1. The monoisotopic (exact) mass is 289 g/mol. The van der Waals surface area contributed by atoms with E-state index in [1.165, 1.54) is 6.39 Å². The van der Waals surface area contributed by atoms with Crippen molar-refractivity contribution in [1.29, 1.82) is 0 Å². The van der Waals surface area contributed by atoms with Crippen LogP contribution in [0.25, 0.3) is 11.5 Å². The summed E-state index contributed by atoms with van der Waals surface area (Å²) in [4.78, 5) is 23.1. The Morgan fingerprint density at radius 2 is 1.90 bits per heavy atom. The molecule has 1 heterocycles. The minimum atomic E-state index is -1.05. The second-order valence-electron chi connectivity index (χ2n) is 4.85. The molecule has 1 aromatic heterocycles. The predicted octanol–water partition coefficient (Wildman–Crippen LogP) is 1.58. The number of amides is 1. The van der Waals surface area contributed by atoms with Crippen LogP contribution >= 0.6 is 0 Å². The van der Waals surface area contributed by atoms with E-state index in [-0.39, 0.29) is 5.92 Å². The maximum absolute atomic E-state index is 12.0. The van der Waals surface area contributed by atoms with Gasteiger partial charge in [-0.3, -0.25) is 4.79 Å². The molecular weight excluding hydrogens is 274 g/mol. The molecule has 7 heteroatoms. The Labute approximate surface area is 121 Å². The largest absolute Gasteiger partial charge is 0.480 e. The van der Waals surface area contributed by atoms with E-state index in [4.69, 9.17) is 9.52 Å². The third kappa shape index (κ3) is 3.44.